The molecule has 0 heterocycles. The van der Waals surface area contributed by atoms with E-state index in [0.717, 1.165) is 11.1 Å². The average molecular weight is 469 g/mol. The fourth-order valence-corrected chi connectivity index (χ4v) is 4.59. The number of carbonyl (C=O) groups is 1. The number of sulfonamides is 1. The Hall–Kier alpha value is -3.36. The molecule has 3 aromatic carbocycles. The zero-order valence-electron chi connectivity index (χ0n) is 18.7. The van der Waals surface area contributed by atoms with Crippen LogP contribution >= 0.6 is 0 Å². The van der Waals surface area contributed by atoms with Gasteiger partial charge in [0.2, 0.25) is 15.9 Å². The van der Waals surface area contributed by atoms with E-state index >= 15 is 0 Å². The van der Waals surface area contributed by atoms with Crippen molar-refractivity contribution >= 4 is 15.9 Å². The van der Waals surface area contributed by atoms with Crippen molar-refractivity contribution < 1.29 is 22.7 Å². The average Bonchev–Trinajstić information content (AvgIpc) is 2.84. The highest BCUT2D eigenvalue weighted by Gasteiger charge is 2.27. The van der Waals surface area contributed by atoms with Crippen LogP contribution in [0.15, 0.2) is 83.8 Å². The Morgan fingerprint density at radius 3 is 2.06 bits per heavy atom. The number of methoxy groups -OCH3 is 2. The molecular weight excluding hydrogens is 440 g/mol. The van der Waals surface area contributed by atoms with Crippen LogP contribution in [-0.2, 0) is 27.7 Å². The maximum atomic E-state index is 13.1. The minimum Gasteiger partial charge on any atom is -0.493 e. The van der Waals surface area contributed by atoms with Crippen LogP contribution in [0, 0.1) is 0 Å². The normalized spacial score (nSPS) is 12.1. The van der Waals surface area contributed by atoms with Crippen LogP contribution in [0.5, 0.6) is 11.5 Å². The molecule has 0 spiro atoms. The zero-order valence-corrected chi connectivity index (χ0v) is 19.5. The fourth-order valence-electron chi connectivity index (χ4n) is 3.37. The summed E-state index contributed by atoms with van der Waals surface area (Å²) in [5, 5.41) is 2.86. The van der Waals surface area contributed by atoms with Crippen LogP contribution in [0.4, 0.5) is 0 Å². The van der Waals surface area contributed by atoms with E-state index in [1.165, 1.54) is 32.4 Å². The van der Waals surface area contributed by atoms with Crippen LogP contribution in [0.3, 0.4) is 0 Å². The first-order valence-electron chi connectivity index (χ1n) is 10.5. The number of benzene rings is 3. The van der Waals surface area contributed by atoms with Gasteiger partial charge in [0, 0.05) is 12.6 Å². The standard InChI is InChI=1S/C25H28N2O5S/c1-31-23-14-13-21(18-24(23)32-2)33(29,30)27-22(17-20-11-7-4-8-12-20)25(28)26-16-15-19-9-5-3-6-10-19/h3-14,18,22,27H,15-17H2,1-2H3,(H,26,28)/t22-/m0/s1. The monoisotopic (exact) mass is 468 g/mol. The number of nitrogens with one attached hydrogen (secondary N) is 2. The van der Waals surface area contributed by atoms with Crippen molar-refractivity contribution in [1.82, 2.24) is 10.0 Å². The SMILES string of the molecule is COc1ccc(S(=O)(=O)N[C@@H](Cc2ccccc2)C(=O)NCCc2ccccc2)cc1OC. The van der Waals surface area contributed by atoms with E-state index in [0.29, 0.717) is 18.7 Å². The van der Waals surface area contributed by atoms with Gasteiger partial charge in [-0.1, -0.05) is 60.7 Å². The maximum absolute atomic E-state index is 13.1. The predicted molar refractivity (Wildman–Crippen MR) is 127 cm³/mol. The molecule has 0 aliphatic rings. The Balaban J connectivity index is 1.77. The molecule has 0 aromatic heterocycles. The first-order chi connectivity index (χ1) is 15.9. The summed E-state index contributed by atoms with van der Waals surface area (Å²) in [5.41, 5.74) is 1.93. The highest BCUT2D eigenvalue weighted by atomic mass is 32.2. The highest BCUT2D eigenvalue weighted by molar-refractivity contribution is 7.89. The molecule has 0 bridgehead atoms. The van der Waals surface area contributed by atoms with Gasteiger partial charge in [0.25, 0.3) is 0 Å². The van der Waals surface area contributed by atoms with Crippen molar-refractivity contribution in [3.8, 4) is 11.5 Å². The Bertz CT molecular complexity index is 1150. The smallest absolute Gasteiger partial charge is 0.241 e. The number of carbonyl (C=O) groups excluding carboxylic acids is 1. The summed E-state index contributed by atoms with van der Waals surface area (Å²) in [6.45, 7) is 0.395. The molecule has 1 amide bonds. The Morgan fingerprint density at radius 2 is 1.45 bits per heavy atom. The minimum absolute atomic E-state index is 0.0182. The summed E-state index contributed by atoms with van der Waals surface area (Å²) in [4.78, 5) is 13.0. The molecule has 0 radical (unpaired) electrons. The van der Waals surface area contributed by atoms with Gasteiger partial charge in [0.15, 0.2) is 11.5 Å². The summed E-state index contributed by atoms with van der Waals surface area (Å²) < 4.78 is 39.2. The lowest BCUT2D eigenvalue weighted by atomic mass is 10.1. The van der Waals surface area contributed by atoms with E-state index < -0.39 is 16.1 Å². The van der Waals surface area contributed by atoms with E-state index in [2.05, 4.69) is 10.0 Å². The molecule has 33 heavy (non-hydrogen) atoms. The lowest BCUT2D eigenvalue weighted by Crippen LogP contribution is -2.48. The molecule has 0 unspecified atom stereocenters. The molecular formula is C25H28N2O5S. The topological polar surface area (TPSA) is 93.7 Å². The summed E-state index contributed by atoms with van der Waals surface area (Å²) >= 11 is 0. The summed E-state index contributed by atoms with van der Waals surface area (Å²) in [5.74, 6) is 0.307. The van der Waals surface area contributed by atoms with Crippen LogP contribution in [0.2, 0.25) is 0 Å². The van der Waals surface area contributed by atoms with Gasteiger partial charge in [0.05, 0.1) is 19.1 Å². The molecule has 0 aliphatic heterocycles. The van der Waals surface area contributed by atoms with Crippen molar-refractivity contribution in [3.63, 3.8) is 0 Å². The van der Waals surface area contributed by atoms with Crippen LogP contribution in [-0.4, -0.2) is 41.1 Å². The van der Waals surface area contributed by atoms with Crippen molar-refractivity contribution in [2.24, 2.45) is 0 Å². The van der Waals surface area contributed by atoms with Crippen molar-refractivity contribution in [2.45, 2.75) is 23.8 Å². The van der Waals surface area contributed by atoms with Crippen molar-refractivity contribution in [3.05, 3.63) is 90.0 Å². The fraction of sp³-hybridized carbons (Fsp3) is 0.240. The molecule has 7 nitrogen and oxygen atoms in total. The molecule has 174 valence electrons. The van der Waals surface area contributed by atoms with Gasteiger partial charge in [-0.3, -0.25) is 4.79 Å². The Morgan fingerprint density at radius 1 is 0.848 bits per heavy atom. The summed E-state index contributed by atoms with van der Waals surface area (Å²) in [6.07, 6.45) is 0.859. The Kier molecular flexibility index (Phi) is 8.46. The number of rotatable bonds is 11. The third-order valence-corrected chi connectivity index (χ3v) is 6.59. The van der Waals surface area contributed by atoms with Gasteiger partial charge in [0.1, 0.15) is 6.04 Å². The van der Waals surface area contributed by atoms with Crippen LogP contribution < -0.4 is 19.5 Å². The van der Waals surface area contributed by atoms with Gasteiger partial charge in [-0.25, -0.2) is 8.42 Å². The molecule has 1 atom stereocenters. The number of hydrogen-bond donors (Lipinski definition) is 2. The van der Waals surface area contributed by atoms with Gasteiger partial charge >= 0.3 is 0 Å². The van der Waals surface area contributed by atoms with Gasteiger partial charge in [-0.2, -0.15) is 4.72 Å². The van der Waals surface area contributed by atoms with Crippen molar-refractivity contribution in [2.75, 3.05) is 20.8 Å². The number of hydrogen-bond acceptors (Lipinski definition) is 5. The van der Waals surface area contributed by atoms with Gasteiger partial charge in [-0.05, 0) is 36.1 Å². The summed E-state index contributed by atoms with van der Waals surface area (Å²) in [6, 6.07) is 22.4. The molecule has 0 saturated heterocycles. The molecule has 3 rings (SSSR count). The van der Waals surface area contributed by atoms with E-state index in [1.54, 1.807) is 0 Å². The third kappa shape index (κ3) is 6.81. The van der Waals surface area contributed by atoms with Gasteiger partial charge in [-0.15, -0.1) is 0 Å². The van der Waals surface area contributed by atoms with Crippen LogP contribution in [0.1, 0.15) is 11.1 Å². The lowest BCUT2D eigenvalue weighted by molar-refractivity contribution is -0.122. The summed E-state index contributed by atoms with van der Waals surface area (Å²) in [7, 11) is -1.10. The van der Waals surface area contributed by atoms with Gasteiger partial charge < -0.3 is 14.8 Å². The second-order valence-corrected chi connectivity index (χ2v) is 9.12. The van der Waals surface area contributed by atoms with Crippen molar-refractivity contribution in [1.29, 1.82) is 0 Å². The minimum atomic E-state index is -4.01. The zero-order chi connectivity index (χ0) is 23.7. The molecule has 3 aromatic rings. The molecule has 0 aliphatic carbocycles. The van der Waals surface area contributed by atoms with E-state index in [-0.39, 0.29) is 23.0 Å². The molecule has 0 saturated carbocycles. The van der Waals surface area contributed by atoms with Crippen LogP contribution in [0.25, 0.3) is 0 Å². The molecule has 8 heteroatoms. The second-order valence-electron chi connectivity index (χ2n) is 7.41. The second kappa shape index (κ2) is 11.5. The maximum Gasteiger partial charge on any atom is 0.241 e. The molecule has 0 fully saturated rings. The quantitative estimate of drug-likeness (QED) is 0.451. The first kappa shape index (κ1) is 24.3. The number of ether oxygens (including phenoxy) is 2. The predicted octanol–water partition coefficient (Wildman–Crippen LogP) is 2.95. The Labute approximate surface area is 194 Å². The largest absolute Gasteiger partial charge is 0.493 e. The number of amides is 1. The van der Waals surface area contributed by atoms with E-state index in [1.807, 2.05) is 60.7 Å². The highest BCUT2D eigenvalue weighted by Crippen LogP contribution is 2.29. The molecule has 2 N–H and O–H groups in total. The lowest BCUT2D eigenvalue weighted by Gasteiger charge is -2.19. The third-order valence-electron chi connectivity index (χ3n) is 5.12. The first-order valence-corrected chi connectivity index (χ1v) is 12.0. The van der Waals surface area contributed by atoms with E-state index in [4.69, 9.17) is 9.47 Å². The van der Waals surface area contributed by atoms with E-state index in [9.17, 15) is 13.2 Å².